The summed E-state index contributed by atoms with van der Waals surface area (Å²) in [4.78, 5) is 25.4. The summed E-state index contributed by atoms with van der Waals surface area (Å²) in [6.07, 6.45) is 2.08. The van der Waals surface area contributed by atoms with E-state index in [2.05, 4.69) is 0 Å². The fourth-order valence-electron chi connectivity index (χ4n) is 3.16. The Labute approximate surface area is 157 Å². The van der Waals surface area contributed by atoms with Gasteiger partial charge in [0, 0.05) is 18.7 Å². The summed E-state index contributed by atoms with van der Waals surface area (Å²) in [7, 11) is 0. The zero-order chi connectivity index (χ0) is 19.7. The van der Waals surface area contributed by atoms with Crippen LogP contribution in [0.4, 0.5) is 0 Å². The molecule has 1 aliphatic heterocycles. The van der Waals surface area contributed by atoms with E-state index in [0.717, 1.165) is 0 Å². The van der Waals surface area contributed by atoms with E-state index < -0.39 is 17.2 Å². The number of rotatable bonds is 5. The SMILES string of the molecule is CC(C)(Oc1ccccc1C1(O)CCN(C(=O)c2ccco2)CC1)C(=O)O. The van der Waals surface area contributed by atoms with Crippen molar-refractivity contribution in [3.05, 3.63) is 54.0 Å². The molecule has 3 rings (SSSR count). The average Bonchev–Trinajstić information content (AvgIpc) is 3.16. The zero-order valence-electron chi connectivity index (χ0n) is 15.3. The molecule has 1 aromatic heterocycles. The number of carbonyl (C=O) groups is 2. The van der Waals surface area contributed by atoms with Crippen molar-refractivity contribution >= 4 is 11.9 Å². The minimum absolute atomic E-state index is 0.210. The van der Waals surface area contributed by atoms with Gasteiger partial charge in [-0.15, -0.1) is 0 Å². The Kier molecular flexibility index (Phi) is 4.97. The first-order chi connectivity index (χ1) is 12.7. The topological polar surface area (TPSA) is 100 Å². The van der Waals surface area contributed by atoms with Gasteiger partial charge in [0.1, 0.15) is 5.75 Å². The van der Waals surface area contributed by atoms with Crippen molar-refractivity contribution in [3.63, 3.8) is 0 Å². The second-order valence-electron chi connectivity index (χ2n) is 7.21. The van der Waals surface area contributed by atoms with Crippen molar-refractivity contribution in [2.24, 2.45) is 0 Å². The first-order valence-electron chi connectivity index (χ1n) is 8.80. The minimum Gasteiger partial charge on any atom is -0.478 e. The Hall–Kier alpha value is -2.80. The molecule has 27 heavy (non-hydrogen) atoms. The van der Waals surface area contributed by atoms with Gasteiger partial charge in [0.05, 0.1) is 11.9 Å². The van der Waals surface area contributed by atoms with Crippen LogP contribution in [0.3, 0.4) is 0 Å². The smallest absolute Gasteiger partial charge is 0.347 e. The number of likely N-dealkylation sites (tertiary alicyclic amines) is 1. The highest BCUT2D eigenvalue weighted by molar-refractivity contribution is 5.91. The van der Waals surface area contributed by atoms with Crippen LogP contribution < -0.4 is 4.74 Å². The van der Waals surface area contributed by atoms with Gasteiger partial charge in [-0.1, -0.05) is 18.2 Å². The van der Waals surface area contributed by atoms with Crippen molar-refractivity contribution in [2.75, 3.05) is 13.1 Å². The molecule has 0 aliphatic carbocycles. The van der Waals surface area contributed by atoms with Crippen molar-refractivity contribution in [1.82, 2.24) is 4.90 Å². The Morgan fingerprint density at radius 2 is 1.81 bits per heavy atom. The highest BCUT2D eigenvalue weighted by Crippen LogP contribution is 2.39. The maximum atomic E-state index is 12.4. The molecule has 7 nitrogen and oxygen atoms in total. The number of para-hydroxylation sites is 1. The van der Waals surface area contributed by atoms with Crippen LogP contribution in [-0.2, 0) is 10.4 Å². The van der Waals surface area contributed by atoms with Crippen LogP contribution in [0.2, 0.25) is 0 Å². The molecule has 0 radical (unpaired) electrons. The van der Waals surface area contributed by atoms with Crippen LogP contribution in [0, 0.1) is 0 Å². The lowest BCUT2D eigenvalue weighted by molar-refractivity contribution is -0.152. The summed E-state index contributed by atoms with van der Waals surface area (Å²) in [5.41, 5.74) is -2.10. The molecular formula is C20H23NO6. The number of hydrogen-bond donors (Lipinski definition) is 2. The second-order valence-corrected chi connectivity index (χ2v) is 7.21. The van der Waals surface area contributed by atoms with Crippen molar-refractivity contribution in [3.8, 4) is 5.75 Å². The molecule has 1 saturated heterocycles. The van der Waals surface area contributed by atoms with E-state index in [9.17, 15) is 19.8 Å². The summed E-state index contributed by atoms with van der Waals surface area (Å²) in [6, 6.07) is 10.2. The van der Waals surface area contributed by atoms with Gasteiger partial charge in [0.2, 0.25) is 0 Å². The van der Waals surface area contributed by atoms with Gasteiger partial charge in [0.25, 0.3) is 5.91 Å². The molecule has 0 spiro atoms. The molecule has 7 heteroatoms. The van der Waals surface area contributed by atoms with Gasteiger partial charge in [-0.25, -0.2) is 4.79 Å². The van der Waals surface area contributed by atoms with Gasteiger partial charge >= 0.3 is 5.97 Å². The lowest BCUT2D eigenvalue weighted by atomic mass is 9.83. The Morgan fingerprint density at radius 1 is 1.15 bits per heavy atom. The van der Waals surface area contributed by atoms with Crippen LogP contribution in [-0.4, -0.2) is 45.7 Å². The highest BCUT2D eigenvalue weighted by atomic mass is 16.5. The molecule has 1 aliphatic rings. The van der Waals surface area contributed by atoms with Gasteiger partial charge in [-0.3, -0.25) is 4.79 Å². The second kappa shape index (κ2) is 7.08. The first kappa shape index (κ1) is 19.0. The standard InChI is InChI=1S/C20H23NO6/c1-19(2,18(23)24)27-15-7-4-3-6-14(15)20(25)9-11-21(12-10-20)17(22)16-8-5-13-26-16/h3-8,13,25H,9-12H2,1-2H3,(H,23,24). The molecular weight excluding hydrogens is 350 g/mol. The number of piperidine rings is 1. The van der Waals surface area contributed by atoms with Crippen molar-refractivity contribution in [2.45, 2.75) is 37.9 Å². The molecule has 0 atom stereocenters. The average molecular weight is 373 g/mol. The van der Waals surface area contributed by atoms with E-state index >= 15 is 0 Å². The molecule has 1 aromatic carbocycles. The zero-order valence-corrected chi connectivity index (χ0v) is 15.3. The van der Waals surface area contributed by atoms with Gasteiger partial charge < -0.3 is 24.3 Å². The van der Waals surface area contributed by atoms with E-state index in [1.165, 1.54) is 20.1 Å². The Balaban J connectivity index is 1.78. The molecule has 0 saturated carbocycles. The number of aliphatic carboxylic acids is 1. The monoisotopic (exact) mass is 373 g/mol. The van der Waals surface area contributed by atoms with Crippen LogP contribution in [0.25, 0.3) is 0 Å². The van der Waals surface area contributed by atoms with E-state index in [4.69, 9.17) is 9.15 Å². The maximum Gasteiger partial charge on any atom is 0.347 e. The third-order valence-electron chi connectivity index (χ3n) is 4.88. The number of carbonyl (C=O) groups excluding carboxylic acids is 1. The van der Waals surface area contributed by atoms with Crippen molar-refractivity contribution < 1.29 is 29.0 Å². The van der Waals surface area contributed by atoms with Crippen LogP contribution in [0.1, 0.15) is 42.8 Å². The number of ether oxygens (including phenoxy) is 1. The lowest BCUT2D eigenvalue weighted by Crippen LogP contribution is -2.45. The summed E-state index contributed by atoms with van der Waals surface area (Å²) in [6.45, 7) is 3.63. The normalized spacial score (nSPS) is 16.8. The third-order valence-corrected chi connectivity index (χ3v) is 4.88. The molecule has 1 fully saturated rings. The number of carboxylic acid groups (broad SMARTS) is 1. The number of furan rings is 1. The summed E-state index contributed by atoms with van der Waals surface area (Å²) in [5, 5.41) is 20.5. The summed E-state index contributed by atoms with van der Waals surface area (Å²) < 4.78 is 10.8. The van der Waals surface area contributed by atoms with E-state index in [1.54, 1.807) is 41.3 Å². The molecule has 144 valence electrons. The Bertz CT molecular complexity index is 819. The maximum absolute atomic E-state index is 12.4. The van der Waals surface area contributed by atoms with Crippen LogP contribution >= 0.6 is 0 Å². The molecule has 2 heterocycles. The van der Waals surface area contributed by atoms with E-state index in [-0.39, 0.29) is 11.7 Å². The summed E-state index contributed by atoms with van der Waals surface area (Å²) >= 11 is 0. The molecule has 2 N–H and O–H groups in total. The molecule has 0 unspecified atom stereocenters. The van der Waals surface area contributed by atoms with Gasteiger partial charge in [-0.05, 0) is 44.9 Å². The fourth-order valence-corrected chi connectivity index (χ4v) is 3.16. The van der Waals surface area contributed by atoms with E-state index in [0.29, 0.717) is 37.2 Å². The van der Waals surface area contributed by atoms with Gasteiger partial charge in [0.15, 0.2) is 11.4 Å². The lowest BCUT2D eigenvalue weighted by Gasteiger charge is -2.39. The minimum atomic E-state index is -1.43. The molecule has 0 bridgehead atoms. The quantitative estimate of drug-likeness (QED) is 0.836. The summed E-state index contributed by atoms with van der Waals surface area (Å²) in [5.74, 6) is -0.702. The number of nitrogens with zero attached hydrogens (tertiary/aromatic N) is 1. The Morgan fingerprint density at radius 3 is 2.41 bits per heavy atom. The van der Waals surface area contributed by atoms with Gasteiger partial charge in [-0.2, -0.15) is 0 Å². The number of hydrogen-bond acceptors (Lipinski definition) is 5. The number of carboxylic acids is 1. The number of amides is 1. The van der Waals surface area contributed by atoms with E-state index in [1.807, 2.05) is 0 Å². The largest absolute Gasteiger partial charge is 0.478 e. The van der Waals surface area contributed by atoms with Crippen molar-refractivity contribution in [1.29, 1.82) is 0 Å². The first-order valence-corrected chi connectivity index (χ1v) is 8.80. The van der Waals surface area contributed by atoms with Crippen LogP contribution in [0.15, 0.2) is 47.1 Å². The van der Waals surface area contributed by atoms with Crippen LogP contribution in [0.5, 0.6) is 5.75 Å². The highest BCUT2D eigenvalue weighted by Gasteiger charge is 2.39. The molecule has 2 aromatic rings. The predicted molar refractivity (Wildman–Crippen MR) is 96.5 cm³/mol. The molecule has 1 amide bonds. The fraction of sp³-hybridized carbons (Fsp3) is 0.400. The number of aliphatic hydroxyl groups is 1. The predicted octanol–water partition coefficient (Wildman–Crippen LogP) is 2.65. The third kappa shape index (κ3) is 3.83. The number of benzene rings is 1.